The van der Waals surface area contributed by atoms with Crippen molar-refractivity contribution in [3.63, 3.8) is 0 Å². The van der Waals surface area contributed by atoms with Crippen molar-refractivity contribution in [3.05, 3.63) is 64.3 Å². The molecule has 1 fully saturated rings. The van der Waals surface area contributed by atoms with Crippen molar-refractivity contribution in [1.29, 1.82) is 0 Å². The van der Waals surface area contributed by atoms with Crippen LogP contribution in [-0.2, 0) is 43.1 Å². The van der Waals surface area contributed by atoms with Crippen molar-refractivity contribution in [2.24, 2.45) is 5.73 Å². The lowest BCUT2D eigenvalue weighted by molar-refractivity contribution is -0.00386. The first kappa shape index (κ1) is 38.2. The van der Waals surface area contributed by atoms with E-state index in [1.807, 2.05) is 26.0 Å². The van der Waals surface area contributed by atoms with Crippen LogP contribution in [0.1, 0.15) is 29.8 Å². The van der Waals surface area contributed by atoms with Crippen LogP contribution in [0, 0.1) is 13.8 Å². The van der Waals surface area contributed by atoms with E-state index in [1.165, 1.54) is 0 Å². The van der Waals surface area contributed by atoms with Crippen LogP contribution >= 0.6 is 11.6 Å². The number of halogens is 1. The van der Waals surface area contributed by atoms with Gasteiger partial charge in [-0.3, -0.25) is 4.90 Å². The molecule has 1 saturated heterocycles. The van der Waals surface area contributed by atoms with E-state index >= 15 is 0 Å². The molecule has 0 saturated carbocycles. The van der Waals surface area contributed by atoms with Crippen LogP contribution in [0.2, 0.25) is 5.02 Å². The summed E-state index contributed by atoms with van der Waals surface area (Å²) in [6.07, 6.45) is 1.56. The highest BCUT2D eigenvalue weighted by Gasteiger charge is 2.21. The Kier molecular flexibility index (Phi) is 15.3. The summed E-state index contributed by atoms with van der Waals surface area (Å²) in [5, 5.41) is 4.74. The Labute approximate surface area is 300 Å². The second-order valence-electron chi connectivity index (χ2n) is 12.4. The standard InChI is InChI=1S/C37H52ClN5O7/c1-27(42-11-14-45-15-12-42)26-43-34-7-6-31(37-28(2)41-50-29(37)3)25-33(34)40-36(43)9-5-30-4-8-35(32(38)24-30)49-23-22-48-21-20-47-19-18-46-17-16-44-13-10-39/h4,6-8,24-25,27H,5,9-23,26,39H2,1-3H3/t27-/m0/s1. The number of nitrogens with zero attached hydrogens (tertiary/aromatic N) is 4. The third-order valence-electron chi connectivity index (χ3n) is 8.76. The third kappa shape index (κ3) is 11.0. The highest BCUT2D eigenvalue weighted by atomic mass is 35.5. The van der Waals surface area contributed by atoms with E-state index in [1.54, 1.807) is 0 Å². The minimum absolute atomic E-state index is 0.344. The first-order valence-electron chi connectivity index (χ1n) is 17.6. The molecule has 2 aromatic heterocycles. The summed E-state index contributed by atoms with van der Waals surface area (Å²) in [6.45, 7) is 15.5. The van der Waals surface area contributed by atoms with Crippen LogP contribution in [0.15, 0.2) is 40.9 Å². The van der Waals surface area contributed by atoms with E-state index in [0.717, 1.165) is 90.7 Å². The fraction of sp³-hybridized carbons (Fsp3) is 0.568. The summed E-state index contributed by atoms with van der Waals surface area (Å²) in [5.74, 6) is 2.50. The molecule has 0 radical (unpaired) electrons. The molecule has 13 heteroatoms. The van der Waals surface area contributed by atoms with Gasteiger partial charge >= 0.3 is 0 Å². The number of morpholine rings is 1. The molecule has 2 N–H and O–H groups in total. The van der Waals surface area contributed by atoms with E-state index in [9.17, 15) is 0 Å². The molecule has 3 heterocycles. The molecule has 0 amide bonds. The summed E-state index contributed by atoms with van der Waals surface area (Å²) in [4.78, 5) is 7.67. The van der Waals surface area contributed by atoms with Crippen molar-refractivity contribution in [2.75, 3.05) is 92.3 Å². The number of nitrogens with two attached hydrogens (primary N) is 1. The number of hydrogen-bond donors (Lipinski definition) is 1. The molecule has 274 valence electrons. The van der Waals surface area contributed by atoms with Gasteiger partial charge in [-0.2, -0.15) is 0 Å². The van der Waals surface area contributed by atoms with Crippen LogP contribution in [0.4, 0.5) is 0 Å². The van der Waals surface area contributed by atoms with Crippen molar-refractivity contribution < 1.29 is 32.9 Å². The predicted octanol–water partition coefficient (Wildman–Crippen LogP) is 4.87. The average Bonchev–Trinajstić information content (AvgIpc) is 3.65. The Morgan fingerprint density at radius 3 is 2.18 bits per heavy atom. The van der Waals surface area contributed by atoms with Gasteiger partial charge in [0.1, 0.15) is 23.9 Å². The lowest BCUT2D eigenvalue weighted by Crippen LogP contribution is -2.44. The summed E-state index contributed by atoms with van der Waals surface area (Å²) >= 11 is 6.65. The van der Waals surface area contributed by atoms with E-state index in [0.29, 0.717) is 82.8 Å². The number of imidazole rings is 1. The lowest BCUT2D eigenvalue weighted by Gasteiger charge is -2.32. The number of rotatable bonds is 22. The zero-order valence-electron chi connectivity index (χ0n) is 29.7. The average molecular weight is 714 g/mol. The predicted molar refractivity (Wildman–Crippen MR) is 193 cm³/mol. The number of fused-ring (bicyclic) bond motifs is 1. The molecule has 2 aromatic carbocycles. The van der Waals surface area contributed by atoms with E-state index in [2.05, 4.69) is 45.8 Å². The first-order chi connectivity index (χ1) is 24.4. The van der Waals surface area contributed by atoms with Crippen LogP contribution in [0.5, 0.6) is 5.75 Å². The number of benzene rings is 2. The first-order valence-corrected chi connectivity index (χ1v) is 18.0. The molecule has 1 aliphatic rings. The lowest BCUT2D eigenvalue weighted by atomic mass is 10.0. The normalized spacial score (nSPS) is 14.5. The Hall–Kier alpha value is -3.07. The second-order valence-corrected chi connectivity index (χ2v) is 12.8. The van der Waals surface area contributed by atoms with E-state index in [4.69, 9.17) is 55.3 Å². The molecule has 5 rings (SSSR count). The maximum atomic E-state index is 6.65. The van der Waals surface area contributed by atoms with Crippen molar-refractivity contribution in [2.45, 2.75) is 46.2 Å². The SMILES string of the molecule is Cc1noc(C)c1-c1ccc2c(c1)nc(CCc1ccc(OCCOCCOCCOCCOCCN)c(Cl)c1)n2C[C@H](C)N1CCOCC1. The summed E-state index contributed by atoms with van der Waals surface area (Å²) in [5.41, 5.74) is 11.6. The van der Waals surface area contributed by atoms with Crippen molar-refractivity contribution in [3.8, 4) is 16.9 Å². The molecule has 0 aliphatic carbocycles. The van der Waals surface area contributed by atoms with Gasteiger partial charge in [-0.05, 0) is 62.6 Å². The molecule has 0 unspecified atom stereocenters. The Morgan fingerprint density at radius 1 is 0.860 bits per heavy atom. The van der Waals surface area contributed by atoms with Crippen LogP contribution in [0.3, 0.4) is 0 Å². The number of aryl methyl sites for hydroxylation is 4. The smallest absolute Gasteiger partial charge is 0.141 e. The van der Waals surface area contributed by atoms with Crippen molar-refractivity contribution in [1.82, 2.24) is 19.6 Å². The van der Waals surface area contributed by atoms with Gasteiger partial charge in [-0.25, -0.2) is 4.98 Å². The quantitative estimate of drug-likeness (QED) is 0.112. The van der Waals surface area contributed by atoms with Gasteiger partial charge in [0.2, 0.25) is 0 Å². The molecule has 0 spiro atoms. The molecule has 0 bridgehead atoms. The fourth-order valence-corrected chi connectivity index (χ4v) is 6.41. The molecule has 4 aromatic rings. The monoisotopic (exact) mass is 713 g/mol. The number of hydrogen-bond acceptors (Lipinski definition) is 11. The molecule has 1 aliphatic heterocycles. The van der Waals surface area contributed by atoms with Crippen LogP contribution in [0.25, 0.3) is 22.2 Å². The highest BCUT2D eigenvalue weighted by Crippen LogP contribution is 2.31. The molecule has 12 nitrogen and oxygen atoms in total. The molecular formula is C37H52ClN5O7. The number of ether oxygens (including phenoxy) is 6. The minimum atomic E-state index is 0.344. The van der Waals surface area contributed by atoms with Crippen LogP contribution in [-0.4, -0.2) is 118 Å². The summed E-state index contributed by atoms with van der Waals surface area (Å²) in [7, 11) is 0. The van der Waals surface area contributed by atoms with E-state index in [-0.39, 0.29) is 0 Å². The Balaban J connectivity index is 1.12. The van der Waals surface area contributed by atoms with E-state index < -0.39 is 0 Å². The van der Waals surface area contributed by atoms with Gasteiger partial charge in [0.25, 0.3) is 0 Å². The fourth-order valence-electron chi connectivity index (χ4n) is 6.15. The molecule has 1 atom stereocenters. The molecular weight excluding hydrogens is 662 g/mol. The highest BCUT2D eigenvalue weighted by molar-refractivity contribution is 6.32. The van der Waals surface area contributed by atoms with Gasteiger partial charge < -0.3 is 43.2 Å². The van der Waals surface area contributed by atoms with Crippen molar-refractivity contribution >= 4 is 22.6 Å². The zero-order chi connectivity index (χ0) is 35.1. The third-order valence-corrected chi connectivity index (χ3v) is 9.06. The Morgan fingerprint density at radius 2 is 1.54 bits per heavy atom. The second kappa shape index (κ2) is 20.1. The minimum Gasteiger partial charge on any atom is -0.490 e. The largest absolute Gasteiger partial charge is 0.490 e. The summed E-state index contributed by atoms with van der Waals surface area (Å²) in [6, 6.07) is 12.8. The topological polar surface area (TPSA) is 128 Å². The van der Waals surface area contributed by atoms with Gasteiger partial charge in [0, 0.05) is 44.2 Å². The maximum Gasteiger partial charge on any atom is 0.141 e. The zero-order valence-corrected chi connectivity index (χ0v) is 30.4. The van der Waals surface area contributed by atoms with Gasteiger partial charge in [0.15, 0.2) is 0 Å². The van der Waals surface area contributed by atoms with Gasteiger partial charge in [0.05, 0.1) is 87.8 Å². The van der Waals surface area contributed by atoms with Gasteiger partial charge in [-0.1, -0.05) is 28.9 Å². The maximum absolute atomic E-state index is 6.65. The van der Waals surface area contributed by atoms with Crippen LogP contribution < -0.4 is 10.5 Å². The molecule has 50 heavy (non-hydrogen) atoms. The Bertz CT molecular complexity index is 1590. The summed E-state index contributed by atoms with van der Waals surface area (Å²) < 4.78 is 41.2. The number of aromatic nitrogens is 3. The van der Waals surface area contributed by atoms with Gasteiger partial charge in [-0.15, -0.1) is 0 Å².